The van der Waals surface area contributed by atoms with E-state index in [0.29, 0.717) is 11.4 Å². The Kier molecular flexibility index (Phi) is 7.05. The van der Waals surface area contributed by atoms with Crippen molar-refractivity contribution in [1.82, 2.24) is 24.8 Å². The predicted molar refractivity (Wildman–Crippen MR) is 154 cm³/mol. The predicted octanol–water partition coefficient (Wildman–Crippen LogP) is 5.05. The van der Waals surface area contributed by atoms with Crippen LogP contribution in [0.25, 0.3) is 22.2 Å². The Morgan fingerprint density at radius 2 is 1.49 bits per heavy atom. The van der Waals surface area contributed by atoms with Gasteiger partial charge in [0.15, 0.2) is 0 Å². The summed E-state index contributed by atoms with van der Waals surface area (Å²) in [4.78, 5) is 34.8. The molecule has 9 heteroatoms. The summed E-state index contributed by atoms with van der Waals surface area (Å²) in [6, 6.07) is 21.1. The highest BCUT2D eigenvalue weighted by Crippen LogP contribution is 2.26. The summed E-state index contributed by atoms with van der Waals surface area (Å²) < 4.78 is 0. The molecule has 2 amide bonds. The topological polar surface area (TPSA) is 99.2 Å². The number of carbonyl (C=O) groups is 1. The molecule has 0 saturated carbocycles. The molecule has 1 saturated heterocycles. The molecule has 3 aromatic heterocycles. The fourth-order valence-electron chi connectivity index (χ4n) is 4.69. The van der Waals surface area contributed by atoms with E-state index in [4.69, 9.17) is 4.98 Å². The minimum absolute atomic E-state index is 0.305. The number of nitrogens with one attached hydrogen (secondary N) is 2. The van der Waals surface area contributed by atoms with Crippen LogP contribution >= 0.6 is 0 Å². The van der Waals surface area contributed by atoms with Crippen LogP contribution in [0.3, 0.4) is 0 Å². The van der Waals surface area contributed by atoms with E-state index in [0.717, 1.165) is 60.7 Å². The number of piperazine rings is 1. The average molecular weight is 517 g/mol. The lowest BCUT2D eigenvalue weighted by molar-refractivity contribution is 0.249. The van der Waals surface area contributed by atoms with E-state index < -0.39 is 0 Å². The maximum Gasteiger partial charge on any atom is 0.323 e. The second-order valence-electron chi connectivity index (χ2n) is 9.45. The SMILES string of the molecule is O=C(Nc1ccncc1)Nc1ccc(-c2ccc3ncc(N4CCN(Cc5cccnc5)CC4)nc3c2)cc1. The molecule has 9 nitrogen and oxygen atoms in total. The molecule has 194 valence electrons. The maximum atomic E-state index is 12.3. The summed E-state index contributed by atoms with van der Waals surface area (Å²) in [5.74, 6) is 0.903. The molecule has 2 aromatic carbocycles. The molecule has 2 N–H and O–H groups in total. The van der Waals surface area contributed by atoms with Crippen molar-refractivity contribution in [2.75, 3.05) is 41.7 Å². The molecule has 0 spiro atoms. The van der Waals surface area contributed by atoms with Gasteiger partial charge in [-0.15, -0.1) is 0 Å². The van der Waals surface area contributed by atoms with E-state index in [9.17, 15) is 4.79 Å². The fraction of sp³-hybridized carbons (Fsp3) is 0.167. The third-order valence-electron chi connectivity index (χ3n) is 6.77. The number of anilines is 3. The van der Waals surface area contributed by atoms with Gasteiger partial charge in [0, 0.05) is 68.9 Å². The number of hydrogen-bond donors (Lipinski definition) is 2. The first kappa shape index (κ1) is 24.4. The number of carbonyl (C=O) groups excluding carboxylic acids is 1. The summed E-state index contributed by atoms with van der Waals surface area (Å²) in [5.41, 5.74) is 6.43. The average Bonchev–Trinajstić information content (AvgIpc) is 2.98. The van der Waals surface area contributed by atoms with E-state index in [2.05, 4.69) is 47.5 Å². The molecule has 4 heterocycles. The van der Waals surface area contributed by atoms with Crippen LogP contribution in [0.4, 0.5) is 22.0 Å². The molecule has 0 bridgehead atoms. The first-order valence-corrected chi connectivity index (χ1v) is 12.9. The quantitative estimate of drug-likeness (QED) is 0.326. The largest absolute Gasteiger partial charge is 0.353 e. The van der Waals surface area contributed by atoms with Gasteiger partial charge in [0.2, 0.25) is 0 Å². The van der Waals surface area contributed by atoms with Crippen molar-refractivity contribution in [3.8, 4) is 11.1 Å². The Balaban J connectivity index is 1.11. The van der Waals surface area contributed by atoms with Gasteiger partial charge >= 0.3 is 6.03 Å². The molecular weight excluding hydrogens is 488 g/mol. The van der Waals surface area contributed by atoms with Gasteiger partial charge < -0.3 is 15.5 Å². The van der Waals surface area contributed by atoms with Crippen LogP contribution in [0, 0.1) is 0 Å². The van der Waals surface area contributed by atoms with Gasteiger partial charge in [0.1, 0.15) is 5.82 Å². The van der Waals surface area contributed by atoms with E-state index in [-0.39, 0.29) is 6.03 Å². The van der Waals surface area contributed by atoms with Crippen LogP contribution < -0.4 is 15.5 Å². The molecule has 1 fully saturated rings. The van der Waals surface area contributed by atoms with Gasteiger partial charge in [-0.3, -0.25) is 19.9 Å². The molecule has 0 radical (unpaired) electrons. The normalized spacial score (nSPS) is 13.8. The minimum Gasteiger partial charge on any atom is -0.353 e. The summed E-state index contributed by atoms with van der Waals surface area (Å²) in [5, 5.41) is 5.64. The molecule has 1 aliphatic heterocycles. The van der Waals surface area contributed by atoms with Gasteiger partial charge in [-0.2, -0.15) is 0 Å². The zero-order valence-electron chi connectivity index (χ0n) is 21.4. The Morgan fingerprint density at radius 1 is 0.744 bits per heavy atom. The number of benzene rings is 2. The van der Waals surface area contributed by atoms with Crippen LogP contribution in [0.5, 0.6) is 0 Å². The van der Waals surface area contributed by atoms with Gasteiger partial charge in [-0.25, -0.2) is 9.78 Å². The first-order valence-electron chi connectivity index (χ1n) is 12.9. The minimum atomic E-state index is -0.305. The number of pyridine rings is 2. The Morgan fingerprint density at radius 3 is 2.23 bits per heavy atom. The van der Waals surface area contributed by atoms with E-state index in [1.165, 1.54) is 5.56 Å². The first-order chi connectivity index (χ1) is 19.2. The molecule has 39 heavy (non-hydrogen) atoms. The van der Waals surface area contributed by atoms with Crippen molar-refractivity contribution < 1.29 is 4.79 Å². The summed E-state index contributed by atoms with van der Waals surface area (Å²) in [6.45, 7) is 4.66. The zero-order valence-corrected chi connectivity index (χ0v) is 21.4. The number of fused-ring (bicyclic) bond motifs is 1. The standard InChI is InChI=1S/C30H28N8O/c39-30(35-26-9-12-31-13-10-26)34-25-6-3-23(4-7-25)24-5-8-27-28(18-24)36-29(20-33-27)38-16-14-37(15-17-38)21-22-2-1-11-32-19-22/h1-13,18-20H,14-17,21H2,(H2,31,34,35,39). The second-order valence-corrected chi connectivity index (χ2v) is 9.45. The van der Waals surface area contributed by atoms with E-state index in [1.807, 2.05) is 61.1 Å². The Bertz CT molecular complexity index is 1550. The van der Waals surface area contributed by atoms with Crippen molar-refractivity contribution in [1.29, 1.82) is 0 Å². The number of amides is 2. The summed E-state index contributed by atoms with van der Waals surface area (Å²) >= 11 is 0. The van der Waals surface area contributed by atoms with Crippen molar-refractivity contribution >= 4 is 34.3 Å². The third kappa shape index (κ3) is 6.00. The van der Waals surface area contributed by atoms with Gasteiger partial charge in [-0.1, -0.05) is 24.3 Å². The van der Waals surface area contributed by atoms with Crippen molar-refractivity contribution in [3.63, 3.8) is 0 Å². The van der Waals surface area contributed by atoms with Gasteiger partial charge in [0.05, 0.1) is 17.2 Å². The second kappa shape index (κ2) is 11.2. The van der Waals surface area contributed by atoms with Gasteiger partial charge in [-0.05, 0) is 59.2 Å². The van der Waals surface area contributed by atoms with E-state index >= 15 is 0 Å². The van der Waals surface area contributed by atoms with Crippen molar-refractivity contribution in [2.45, 2.75) is 6.54 Å². The highest BCUT2D eigenvalue weighted by Gasteiger charge is 2.19. The Hall–Kier alpha value is -4.89. The van der Waals surface area contributed by atoms with Crippen molar-refractivity contribution in [2.24, 2.45) is 0 Å². The number of urea groups is 1. The zero-order chi connectivity index (χ0) is 26.4. The lowest BCUT2D eigenvalue weighted by atomic mass is 10.0. The Labute approximate surface area is 226 Å². The van der Waals surface area contributed by atoms with Crippen LogP contribution in [-0.4, -0.2) is 57.0 Å². The molecular formula is C30H28N8O. The molecule has 6 rings (SSSR count). The van der Waals surface area contributed by atoms with Crippen molar-refractivity contribution in [3.05, 3.63) is 103 Å². The molecule has 1 aliphatic rings. The number of rotatable bonds is 6. The fourth-order valence-corrected chi connectivity index (χ4v) is 4.69. The maximum absolute atomic E-state index is 12.3. The lowest BCUT2D eigenvalue weighted by Crippen LogP contribution is -2.46. The van der Waals surface area contributed by atoms with Crippen LogP contribution in [0.15, 0.2) is 97.7 Å². The van der Waals surface area contributed by atoms with Crippen LogP contribution in [0.2, 0.25) is 0 Å². The van der Waals surface area contributed by atoms with Crippen LogP contribution in [-0.2, 0) is 6.54 Å². The smallest absolute Gasteiger partial charge is 0.323 e. The van der Waals surface area contributed by atoms with E-state index in [1.54, 1.807) is 24.5 Å². The molecule has 0 unspecified atom stereocenters. The molecule has 5 aromatic rings. The number of hydrogen-bond acceptors (Lipinski definition) is 7. The summed E-state index contributed by atoms with van der Waals surface area (Å²) in [7, 11) is 0. The van der Waals surface area contributed by atoms with Gasteiger partial charge in [0.25, 0.3) is 0 Å². The summed E-state index contributed by atoms with van der Waals surface area (Å²) in [6.07, 6.45) is 8.88. The number of nitrogens with zero attached hydrogens (tertiary/aromatic N) is 6. The molecule has 0 aliphatic carbocycles. The highest BCUT2D eigenvalue weighted by atomic mass is 16.2. The van der Waals surface area contributed by atoms with Crippen LogP contribution in [0.1, 0.15) is 5.56 Å². The monoisotopic (exact) mass is 516 g/mol. The highest BCUT2D eigenvalue weighted by molar-refractivity contribution is 5.99. The number of aromatic nitrogens is 4. The third-order valence-corrected chi connectivity index (χ3v) is 6.77. The molecule has 0 atom stereocenters. The lowest BCUT2D eigenvalue weighted by Gasteiger charge is -2.35.